The zero-order chi connectivity index (χ0) is 17.5. The summed E-state index contributed by atoms with van der Waals surface area (Å²) in [7, 11) is 3.93. The van der Waals surface area contributed by atoms with Crippen LogP contribution in [-0.2, 0) is 19.0 Å². The lowest BCUT2D eigenvalue weighted by Gasteiger charge is -2.36. The average Bonchev–Trinajstić information content (AvgIpc) is 2.45. The van der Waals surface area contributed by atoms with Crippen molar-refractivity contribution in [1.82, 2.24) is 9.80 Å². The van der Waals surface area contributed by atoms with Crippen molar-refractivity contribution in [2.24, 2.45) is 0 Å². The van der Waals surface area contributed by atoms with Crippen molar-refractivity contribution in [2.75, 3.05) is 46.9 Å². The van der Waals surface area contributed by atoms with Gasteiger partial charge in [-0.05, 0) is 40.2 Å². The first kappa shape index (κ1) is 19.6. The van der Waals surface area contributed by atoms with Crippen LogP contribution in [0.3, 0.4) is 0 Å². The summed E-state index contributed by atoms with van der Waals surface area (Å²) < 4.78 is 17.2. The van der Waals surface area contributed by atoms with Gasteiger partial charge in [0.05, 0.1) is 31.0 Å². The van der Waals surface area contributed by atoms with Crippen molar-refractivity contribution >= 4 is 5.91 Å². The number of likely N-dealkylation sites (tertiary alicyclic amines) is 1. The molecule has 2 aliphatic rings. The number of carbonyl (C=O) groups is 1. The first-order valence-corrected chi connectivity index (χ1v) is 9.25. The lowest BCUT2D eigenvalue weighted by molar-refractivity contribution is -0.133. The van der Waals surface area contributed by atoms with Crippen LogP contribution in [-0.4, -0.2) is 87.1 Å². The third-order valence-corrected chi connectivity index (χ3v) is 4.64. The van der Waals surface area contributed by atoms with Crippen LogP contribution in [0.15, 0.2) is 0 Å². The van der Waals surface area contributed by atoms with Gasteiger partial charge in [0.1, 0.15) is 0 Å². The monoisotopic (exact) mass is 342 g/mol. The quantitative estimate of drug-likeness (QED) is 0.533. The highest BCUT2D eigenvalue weighted by Gasteiger charge is 2.31. The van der Waals surface area contributed by atoms with Gasteiger partial charge >= 0.3 is 0 Å². The number of hydrogen-bond donors (Lipinski definition) is 0. The highest BCUT2D eigenvalue weighted by molar-refractivity contribution is 5.75. The summed E-state index contributed by atoms with van der Waals surface area (Å²) in [5.74, 6) is 0.169. The largest absolute Gasteiger partial charge is 0.378 e. The SMILES string of the molecule is CC(C)OC1CC(OCCCC(=O)N(C)CCOC2CN(C)C2)C1. The number of hydrogen-bond acceptors (Lipinski definition) is 5. The molecule has 1 aliphatic heterocycles. The molecule has 6 heteroatoms. The Morgan fingerprint density at radius 1 is 1.12 bits per heavy atom. The predicted molar refractivity (Wildman–Crippen MR) is 93.1 cm³/mol. The Labute approximate surface area is 146 Å². The zero-order valence-electron chi connectivity index (χ0n) is 15.7. The van der Waals surface area contributed by atoms with Crippen molar-refractivity contribution in [2.45, 2.75) is 63.9 Å². The molecule has 1 saturated carbocycles. The maximum Gasteiger partial charge on any atom is 0.222 e. The molecular formula is C18H34N2O4. The van der Waals surface area contributed by atoms with Gasteiger partial charge < -0.3 is 24.0 Å². The Morgan fingerprint density at radius 3 is 2.42 bits per heavy atom. The zero-order valence-corrected chi connectivity index (χ0v) is 15.7. The molecule has 0 N–H and O–H groups in total. The maximum absolute atomic E-state index is 12.0. The second-order valence-electron chi connectivity index (χ2n) is 7.40. The summed E-state index contributed by atoms with van der Waals surface area (Å²) in [5.41, 5.74) is 0. The fraction of sp³-hybridized carbons (Fsp3) is 0.944. The van der Waals surface area contributed by atoms with E-state index >= 15 is 0 Å². The molecule has 1 amide bonds. The minimum Gasteiger partial charge on any atom is -0.378 e. The van der Waals surface area contributed by atoms with E-state index in [0.29, 0.717) is 50.6 Å². The van der Waals surface area contributed by atoms with E-state index in [1.54, 1.807) is 4.90 Å². The van der Waals surface area contributed by atoms with Gasteiger partial charge in [0, 0.05) is 39.7 Å². The molecule has 0 spiro atoms. The number of amides is 1. The van der Waals surface area contributed by atoms with E-state index < -0.39 is 0 Å². The average molecular weight is 342 g/mol. The fourth-order valence-electron chi connectivity index (χ4n) is 3.04. The summed E-state index contributed by atoms with van der Waals surface area (Å²) in [6, 6.07) is 0. The number of carbonyl (C=O) groups excluding carboxylic acids is 1. The summed E-state index contributed by atoms with van der Waals surface area (Å²) in [6.45, 7) is 8.06. The molecule has 0 aromatic heterocycles. The van der Waals surface area contributed by atoms with Crippen molar-refractivity contribution in [3.8, 4) is 0 Å². The van der Waals surface area contributed by atoms with E-state index in [4.69, 9.17) is 14.2 Å². The van der Waals surface area contributed by atoms with Gasteiger partial charge in [-0.3, -0.25) is 4.79 Å². The highest BCUT2D eigenvalue weighted by atomic mass is 16.5. The Hall–Kier alpha value is -0.690. The molecule has 0 radical (unpaired) electrons. The second-order valence-corrected chi connectivity index (χ2v) is 7.40. The third-order valence-electron chi connectivity index (χ3n) is 4.64. The van der Waals surface area contributed by atoms with Crippen LogP contribution in [0.2, 0.25) is 0 Å². The lowest BCUT2D eigenvalue weighted by atomic mass is 9.92. The highest BCUT2D eigenvalue weighted by Crippen LogP contribution is 2.27. The molecular weight excluding hydrogens is 308 g/mol. The molecule has 6 nitrogen and oxygen atoms in total. The van der Waals surface area contributed by atoms with Crippen LogP contribution < -0.4 is 0 Å². The molecule has 2 fully saturated rings. The molecule has 1 heterocycles. The van der Waals surface area contributed by atoms with Gasteiger partial charge in [-0.25, -0.2) is 0 Å². The molecule has 0 atom stereocenters. The summed E-state index contributed by atoms with van der Waals surface area (Å²) in [4.78, 5) is 16.0. The van der Waals surface area contributed by atoms with Gasteiger partial charge in [0.2, 0.25) is 5.91 Å². The summed E-state index contributed by atoms with van der Waals surface area (Å²) >= 11 is 0. The standard InChI is InChI=1S/C18H34N2O4/c1-14(2)24-16-10-15(11-16)22-8-5-6-18(21)20(4)7-9-23-17-12-19(3)13-17/h14-17H,5-13H2,1-4H3. The van der Waals surface area contributed by atoms with E-state index in [1.807, 2.05) is 7.05 Å². The number of likely N-dealkylation sites (N-methyl/N-ethyl adjacent to an activating group) is 2. The van der Waals surface area contributed by atoms with Crippen molar-refractivity contribution in [3.63, 3.8) is 0 Å². The normalized spacial score (nSPS) is 24.7. The number of ether oxygens (including phenoxy) is 3. The topological polar surface area (TPSA) is 51.2 Å². The van der Waals surface area contributed by atoms with Crippen molar-refractivity contribution < 1.29 is 19.0 Å². The molecule has 140 valence electrons. The Kier molecular flexibility index (Phi) is 7.94. The number of nitrogens with zero attached hydrogens (tertiary/aromatic N) is 2. The molecule has 0 bridgehead atoms. The molecule has 24 heavy (non-hydrogen) atoms. The van der Waals surface area contributed by atoms with Gasteiger partial charge in [-0.15, -0.1) is 0 Å². The van der Waals surface area contributed by atoms with Crippen LogP contribution in [0, 0.1) is 0 Å². The van der Waals surface area contributed by atoms with E-state index in [1.165, 1.54) is 0 Å². The second kappa shape index (κ2) is 9.70. The predicted octanol–water partition coefficient (Wildman–Crippen LogP) is 1.53. The number of rotatable bonds is 11. The van der Waals surface area contributed by atoms with Crippen LogP contribution in [0.1, 0.15) is 39.5 Å². The van der Waals surface area contributed by atoms with Crippen molar-refractivity contribution in [3.05, 3.63) is 0 Å². The van der Waals surface area contributed by atoms with Crippen LogP contribution in [0.4, 0.5) is 0 Å². The van der Waals surface area contributed by atoms with Crippen molar-refractivity contribution in [1.29, 1.82) is 0 Å². The summed E-state index contributed by atoms with van der Waals surface area (Å²) in [5, 5.41) is 0. The van der Waals surface area contributed by atoms with Crippen LogP contribution in [0.25, 0.3) is 0 Å². The molecule has 1 aliphatic carbocycles. The summed E-state index contributed by atoms with van der Waals surface area (Å²) in [6.07, 6.45) is 4.61. The van der Waals surface area contributed by atoms with E-state index in [0.717, 1.165) is 32.4 Å². The van der Waals surface area contributed by atoms with Crippen LogP contribution in [0.5, 0.6) is 0 Å². The van der Waals surface area contributed by atoms with Crippen LogP contribution >= 0.6 is 0 Å². The first-order chi connectivity index (χ1) is 11.4. The van der Waals surface area contributed by atoms with E-state index in [-0.39, 0.29) is 5.91 Å². The van der Waals surface area contributed by atoms with Gasteiger partial charge in [-0.2, -0.15) is 0 Å². The Balaban J connectivity index is 1.42. The molecule has 0 unspecified atom stereocenters. The Bertz CT molecular complexity index is 379. The fourth-order valence-corrected chi connectivity index (χ4v) is 3.04. The molecule has 1 saturated heterocycles. The maximum atomic E-state index is 12.0. The minimum absolute atomic E-state index is 0.169. The third kappa shape index (κ3) is 6.67. The first-order valence-electron chi connectivity index (χ1n) is 9.25. The van der Waals surface area contributed by atoms with Gasteiger partial charge in [0.25, 0.3) is 0 Å². The lowest BCUT2D eigenvalue weighted by Crippen LogP contribution is -2.50. The minimum atomic E-state index is 0.169. The molecule has 0 aromatic rings. The molecule has 0 aromatic carbocycles. The van der Waals surface area contributed by atoms with E-state index in [9.17, 15) is 4.79 Å². The molecule has 2 rings (SSSR count). The van der Waals surface area contributed by atoms with Gasteiger partial charge in [0.15, 0.2) is 0 Å². The smallest absolute Gasteiger partial charge is 0.222 e. The Morgan fingerprint density at radius 2 is 1.79 bits per heavy atom. The van der Waals surface area contributed by atoms with Gasteiger partial charge in [-0.1, -0.05) is 0 Å². The van der Waals surface area contributed by atoms with E-state index in [2.05, 4.69) is 25.8 Å².